The zero-order chi connectivity index (χ0) is 24.2. The molecule has 0 saturated carbocycles. The molecule has 1 saturated heterocycles. The van der Waals surface area contributed by atoms with E-state index in [1.807, 2.05) is 20.8 Å². The monoisotopic (exact) mass is 473 g/mol. The van der Waals surface area contributed by atoms with E-state index in [0.717, 1.165) is 18.5 Å². The molecule has 178 valence electrons. The van der Waals surface area contributed by atoms with Gasteiger partial charge in [0.2, 0.25) is 15.9 Å². The Morgan fingerprint density at radius 3 is 2.30 bits per heavy atom. The van der Waals surface area contributed by atoms with Crippen LogP contribution in [0, 0.1) is 5.41 Å². The molecule has 2 amide bonds. The Kier molecular flexibility index (Phi) is 7.44. The number of rotatable bonds is 7. The van der Waals surface area contributed by atoms with Crippen LogP contribution < -0.4 is 15.0 Å². The molecule has 0 aliphatic carbocycles. The van der Waals surface area contributed by atoms with Crippen LogP contribution in [0.5, 0.6) is 5.75 Å². The normalized spacial score (nSPS) is 14.7. The molecular formula is C24H31N3O5S. The SMILES string of the molecule is CN(C(=O)C(C)(C)C)c1ccc(OCC(=O)Nc2cccc(S(=O)(=O)N3CCCC3)c2)cc1. The van der Waals surface area contributed by atoms with Gasteiger partial charge in [0.05, 0.1) is 4.90 Å². The van der Waals surface area contributed by atoms with E-state index in [2.05, 4.69) is 5.32 Å². The van der Waals surface area contributed by atoms with Gasteiger partial charge in [-0.2, -0.15) is 4.31 Å². The summed E-state index contributed by atoms with van der Waals surface area (Å²) in [5.41, 5.74) is 0.622. The van der Waals surface area contributed by atoms with Crippen molar-refractivity contribution in [3.05, 3.63) is 48.5 Å². The van der Waals surface area contributed by atoms with Crippen LogP contribution >= 0.6 is 0 Å². The highest BCUT2D eigenvalue weighted by Gasteiger charge is 2.27. The molecule has 1 N–H and O–H groups in total. The maximum Gasteiger partial charge on any atom is 0.262 e. The molecule has 9 heteroatoms. The summed E-state index contributed by atoms with van der Waals surface area (Å²) < 4.78 is 32.4. The Hall–Kier alpha value is -2.91. The molecule has 1 heterocycles. The Balaban J connectivity index is 1.57. The molecule has 1 aliphatic rings. The molecular weight excluding hydrogens is 442 g/mol. The molecule has 33 heavy (non-hydrogen) atoms. The van der Waals surface area contributed by atoms with Crippen LogP contribution in [0.2, 0.25) is 0 Å². The minimum Gasteiger partial charge on any atom is -0.484 e. The number of hydrogen-bond donors (Lipinski definition) is 1. The van der Waals surface area contributed by atoms with Gasteiger partial charge in [0.15, 0.2) is 6.61 Å². The number of carbonyl (C=O) groups is 2. The van der Waals surface area contributed by atoms with E-state index in [-0.39, 0.29) is 17.4 Å². The lowest BCUT2D eigenvalue weighted by atomic mass is 9.95. The Morgan fingerprint density at radius 2 is 1.70 bits per heavy atom. The third kappa shape index (κ3) is 6.11. The van der Waals surface area contributed by atoms with Crippen molar-refractivity contribution in [2.24, 2.45) is 5.41 Å². The number of ether oxygens (including phenoxy) is 1. The van der Waals surface area contributed by atoms with Gasteiger partial charge in [-0.3, -0.25) is 9.59 Å². The summed E-state index contributed by atoms with van der Waals surface area (Å²) >= 11 is 0. The lowest BCUT2D eigenvalue weighted by Crippen LogP contribution is -2.36. The molecule has 8 nitrogen and oxygen atoms in total. The van der Waals surface area contributed by atoms with E-state index in [0.29, 0.717) is 24.5 Å². The predicted octanol–water partition coefficient (Wildman–Crippen LogP) is 3.50. The summed E-state index contributed by atoms with van der Waals surface area (Å²) in [6.07, 6.45) is 1.72. The number of hydrogen-bond acceptors (Lipinski definition) is 5. The fourth-order valence-electron chi connectivity index (χ4n) is 3.54. The van der Waals surface area contributed by atoms with Gasteiger partial charge in [0.1, 0.15) is 5.75 Å². The molecule has 0 bridgehead atoms. The van der Waals surface area contributed by atoms with Crippen LogP contribution in [-0.4, -0.2) is 51.3 Å². The second kappa shape index (κ2) is 9.93. The number of benzene rings is 2. The third-order valence-corrected chi connectivity index (χ3v) is 7.26. The molecule has 0 radical (unpaired) electrons. The summed E-state index contributed by atoms with van der Waals surface area (Å²) in [5, 5.41) is 2.68. The summed E-state index contributed by atoms with van der Waals surface area (Å²) in [6, 6.07) is 13.1. The highest BCUT2D eigenvalue weighted by atomic mass is 32.2. The topological polar surface area (TPSA) is 96.0 Å². The van der Waals surface area contributed by atoms with Gasteiger partial charge in [0, 0.05) is 36.9 Å². The van der Waals surface area contributed by atoms with E-state index in [1.54, 1.807) is 48.3 Å². The number of carbonyl (C=O) groups excluding carboxylic acids is 2. The van der Waals surface area contributed by atoms with Crippen LogP contribution in [0.1, 0.15) is 33.6 Å². The largest absolute Gasteiger partial charge is 0.484 e. The Bertz CT molecular complexity index is 1100. The maximum absolute atomic E-state index is 12.7. The van der Waals surface area contributed by atoms with Crippen LogP contribution in [0.4, 0.5) is 11.4 Å². The zero-order valence-electron chi connectivity index (χ0n) is 19.5. The lowest BCUT2D eigenvalue weighted by Gasteiger charge is -2.26. The molecule has 2 aromatic carbocycles. The highest BCUT2D eigenvalue weighted by Crippen LogP contribution is 2.25. The third-order valence-electron chi connectivity index (χ3n) is 5.36. The minimum absolute atomic E-state index is 0.00970. The van der Waals surface area contributed by atoms with Gasteiger partial charge in [-0.05, 0) is 55.3 Å². The van der Waals surface area contributed by atoms with Gasteiger partial charge < -0.3 is 15.0 Å². The summed E-state index contributed by atoms with van der Waals surface area (Å²) in [6.45, 7) is 6.38. The molecule has 3 rings (SSSR count). The van der Waals surface area contributed by atoms with Crippen molar-refractivity contribution in [2.45, 2.75) is 38.5 Å². The zero-order valence-corrected chi connectivity index (χ0v) is 20.3. The first kappa shape index (κ1) is 24.7. The maximum atomic E-state index is 12.7. The molecule has 1 fully saturated rings. The lowest BCUT2D eigenvalue weighted by molar-refractivity contribution is -0.125. The standard InChI is InChI=1S/C24H31N3O5S/c1-24(2,3)23(29)26(4)19-10-12-20(13-11-19)32-17-22(28)25-18-8-7-9-21(16-18)33(30,31)27-14-5-6-15-27/h7-13,16H,5-6,14-15,17H2,1-4H3,(H,25,28). The van der Waals surface area contributed by atoms with Gasteiger partial charge >= 0.3 is 0 Å². The van der Waals surface area contributed by atoms with E-state index in [4.69, 9.17) is 4.74 Å². The average molecular weight is 474 g/mol. The van der Waals surface area contributed by atoms with E-state index < -0.39 is 21.3 Å². The predicted molar refractivity (Wildman–Crippen MR) is 128 cm³/mol. The molecule has 0 aromatic heterocycles. The van der Waals surface area contributed by atoms with Gasteiger partial charge in [0.25, 0.3) is 5.91 Å². The van der Waals surface area contributed by atoms with E-state index >= 15 is 0 Å². The Labute approximate surface area is 195 Å². The van der Waals surface area contributed by atoms with Crippen LogP contribution in [-0.2, 0) is 19.6 Å². The van der Waals surface area contributed by atoms with Crippen LogP contribution in [0.15, 0.2) is 53.4 Å². The highest BCUT2D eigenvalue weighted by molar-refractivity contribution is 7.89. The quantitative estimate of drug-likeness (QED) is 0.664. The summed E-state index contributed by atoms with van der Waals surface area (Å²) in [5.74, 6) is 0.0650. The molecule has 2 aromatic rings. The number of anilines is 2. The molecule has 1 aliphatic heterocycles. The van der Waals surface area contributed by atoms with Crippen LogP contribution in [0.3, 0.4) is 0 Å². The fourth-order valence-corrected chi connectivity index (χ4v) is 5.11. The van der Waals surface area contributed by atoms with Crippen molar-refractivity contribution in [2.75, 3.05) is 37.0 Å². The fraction of sp³-hybridized carbons (Fsp3) is 0.417. The van der Waals surface area contributed by atoms with Crippen molar-refractivity contribution < 1.29 is 22.7 Å². The van der Waals surface area contributed by atoms with Gasteiger partial charge in [-0.15, -0.1) is 0 Å². The van der Waals surface area contributed by atoms with Crippen molar-refractivity contribution in [3.63, 3.8) is 0 Å². The second-order valence-corrected chi connectivity index (χ2v) is 11.0. The summed E-state index contributed by atoms with van der Waals surface area (Å²) in [4.78, 5) is 26.5. The van der Waals surface area contributed by atoms with Crippen molar-refractivity contribution >= 4 is 33.2 Å². The van der Waals surface area contributed by atoms with Gasteiger partial charge in [-0.25, -0.2) is 8.42 Å². The van der Waals surface area contributed by atoms with E-state index in [1.165, 1.54) is 16.4 Å². The number of amides is 2. The smallest absolute Gasteiger partial charge is 0.262 e. The number of nitrogens with one attached hydrogen (secondary N) is 1. The molecule has 0 unspecified atom stereocenters. The first-order valence-corrected chi connectivity index (χ1v) is 12.3. The average Bonchev–Trinajstić information content (AvgIpc) is 3.32. The van der Waals surface area contributed by atoms with Crippen molar-refractivity contribution in [3.8, 4) is 5.75 Å². The first-order valence-electron chi connectivity index (χ1n) is 10.9. The van der Waals surface area contributed by atoms with Crippen molar-refractivity contribution in [1.82, 2.24) is 4.31 Å². The number of sulfonamides is 1. The summed E-state index contributed by atoms with van der Waals surface area (Å²) in [7, 11) is -1.84. The second-order valence-electron chi connectivity index (χ2n) is 9.08. The van der Waals surface area contributed by atoms with Crippen LogP contribution in [0.25, 0.3) is 0 Å². The van der Waals surface area contributed by atoms with Crippen molar-refractivity contribution in [1.29, 1.82) is 0 Å². The minimum atomic E-state index is -3.56. The molecule has 0 spiro atoms. The Morgan fingerprint density at radius 1 is 1.06 bits per heavy atom. The van der Waals surface area contributed by atoms with E-state index in [9.17, 15) is 18.0 Å². The molecule has 0 atom stereocenters. The van der Waals surface area contributed by atoms with Gasteiger partial charge in [-0.1, -0.05) is 26.8 Å². The first-order chi connectivity index (χ1) is 15.5. The number of nitrogens with zero attached hydrogens (tertiary/aromatic N) is 2.